The lowest BCUT2D eigenvalue weighted by Crippen LogP contribution is -2.45. The predicted octanol–water partition coefficient (Wildman–Crippen LogP) is 1.99. The summed E-state index contributed by atoms with van der Waals surface area (Å²) in [5, 5.41) is 6.16. The van der Waals surface area contributed by atoms with Crippen molar-refractivity contribution in [3.05, 3.63) is 0 Å². The molecule has 9 nitrogen and oxygen atoms in total. The highest BCUT2D eigenvalue weighted by Crippen LogP contribution is 2.11. The van der Waals surface area contributed by atoms with Gasteiger partial charge in [0, 0.05) is 39.8 Å². The van der Waals surface area contributed by atoms with Gasteiger partial charge in [-0.1, -0.05) is 13.8 Å². The lowest BCUT2D eigenvalue weighted by atomic mass is 10.0. The summed E-state index contributed by atoms with van der Waals surface area (Å²) >= 11 is 0. The number of nitrogens with one attached hydrogen (secondary N) is 3. The molecule has 0 aromatic heterocycles. The Balaban J connectivity index is 0. The highest BCUT2D eigenvalue weighted by Gasteiger charge is 2.22. The van der Waals surface area contributed by atoms with Crippen LogP contribution in [-0.2, 0) is 14.8 Å². The van der Waals surface area contributed by atoms with Gasteiger partial charge in [-0.2, -0.15) is 0 Å². The highest BCUT2D eigenvalue weighted by atomic mass is 127. The Morgan fingerprint density at radius 1 is 1.21 bits per heavy atom. The number of rotatable bonds is 10. The molecule has 0 aromatic rings. The Morgan fingerprint density at radius 2 is 1.79 bits per heavy atom. The van der Waals surface area contributed by atoms with Crippen LogP contribution in [0.2, 0.25) is 0 Å². The van der Waals surface area contributed by atoms with E-state index >= 15 is 0 Å². The fourth-order valence-electron chi connectivity index (χ4n) is 2.40. The number of halogens is 1. The maximum Gasteiger partial charge on any atom is 0.407 e. The van der Waals surface area contributed by atoms with Crippen molar-refractivity contribution < 1.29 is 17.9 Å². The first-order chi connectivity index (χ1) is 12.7. The van der Waals surface area contributed by atoms with E-state index in [1.165, 1.54) is 0 Å². The molecule has 1 unspecified atom stereocenters. The predicted molar refractivity (Wildman–Crippen MR) is 129 cm³/mol. The fraction of sp³-hybridized carbons (Fsp3) is 0.889. The van der Waals surface area contributed by atoms with Crippen LogP contribution in [0.5, 0.6) is 0 Å². The Hall–Kier alpha value is -0.820. The summed E-state index contributed by atoms with van der Waals surface area (Å²) in [6, 6.07) is -0.0191. The average molecular weight is 550 g/mol. The SMILES string of the molecule is CN=C(NCCCNS(C)(=O)=O)N(C)CCC(NC(=O)OC(C)(C)C)C(C)C.I. The lowest BCUT2D eigenvalue weighted by molar-refractivity contribution is 0.0485. The minimum atomic E-state index is -3.16. The first-order valence-corrected chi connectivity index (χ1v) is 11.5. The number of guanidine groups is 1. The van der Waals surface area contributed by atoms with Crippen LogP contribution in [0.4, 0.5) is 4.79 Å². The van der Waals surface area contributed by atoms with E-state index in [1.807, 2.05) is 32.7 Å². The molecule has 0 aliphatic rings. The minimum absolute atomic E-state index is 0. The van der Waals surface area contributed by atoms with Gasteiger partial charge in [0.15, 0.2) is 5.96 Å². The van der Waals surface area contributed by atoms with Crippen molar-refractivity contribution >= 4 is 46.1 Å². The molecule has 0 bridgehead atoms. The van der Waals surface area contributed by atoms with Crippen molar-refractivity contribution in [2.45, 2.75) is 59.1 Å². The molecule has 0 rings (SSSR count). The van der Waals surface area contributed by atoms with Crippen molar-refractivity contribution in [1.82, 2.24) is 20.3 Å². The molecule has 0 aliphatic carbocycles. The number of alkyl carbamates (subject to hydrolysis) is 1. The van der Waals surface area contributed by atoms with E-state index < -0.39 is 21.7 Å². The Kier molecular flexibility index (Phi) is 14.9. The molecular formula is C18H40IN5O4S. The first-order valence-electron chi connectivity index (χ1n) is 9.61. The van der Waals surface area contributed by atoms with Crippen molar-refractivity contribution in [3.63, 3.8) is 0 Å². The van der Waals surface area contributed by atoms with Crippen LogP contribution < -0.4 is 15.4 Å². The molecule has 0 fully saturated rings. The van der Waals surface area contributed by atoms with Crippen molar-refractivity contribution in [1.29, 1.82) is 0 Å². The summed E-state index contributed by atoms with van der Waals surface area (Å²) in [4.78, 5) is 18.3. The zero-order chi connectivity index (χ0) is 22.0. The van der Waals surface area contributed by atoms with Gasteiger partial charge in [0.1, 0.15) is 5.60 Å². The maximum atomic E-state index is 12.0. The standard InChI is InChI=1S/C18H39N5O4S.HI/c1-14(2)15(22-17(24)27-18(3,4)5)10-13-23(7)16(19-6)20-11-9-12-21-28(8,25)26;/h14-15,21H,9-13H2,1-8H3,(H,19,20)(H,22,24);1H. The lowest BCUT2D eigenvalue weighted by Gasteiger charge is -2.28. The Morgan fingerprint density at radius 3 is 2.24 bits per heavy atom. The molecule has 0 aliphatic heterocycles. The minimum Gasteiger partial charge on any atom is -0.444 e. The third kappa shape index (κ3) is 16.6. The number of hydrogen-bond acceptors (Lipinski definition) is 5. The molecule has 0 radical (unpaired) electrons. The van der Waals surface area contributed by atoms with Gasteiger partial charge in [-0.3, -0.25) is 4.99 Å². The van der Waals surface area contributed by atoms with Crippen molar-refractivity contribution in [2.24, 2.45) is 10.9 Å². The monoisotopic (exact) mass is 549 g/mol. The van der Waals surface area contributed by atoms with E-state index in [1.54, 1.807) is 7.05 Å². The molecule has 174 valence electrons. The van der Waals surface area contributed by atoms with Gasteiger partial charge in [-0.05, 0) is 39.5 Å². The Bertz CT molecular complexity index is 606. The summed E-state index contributed by atoms with van der Waals surface area (Å²) in [5.74, 6) is 0.983. The van der Waals surface area contributed by atoms with E-state index in [0.29, 0.717) is 26.1 Å². The maximum absolute atomic E-state index is 12.0. The Labute approximate surface area is 193 Å². The smallest absolute Gasteiger partial charge is 0.407 e. The molecule has 0 saturated carbocycles. The summed E-state index contributed by atoms with van der Waals surface area (Å²) in [7, 11) is 0.469. The second kappa shape index (κ2) is 14.2. The van der Waals surface area contributed by atoms with Gasteiger partial charge >= 0.3 is 6.09 Å². The van der Waals surface area contributed by atoms with Gasteiger partial charge < -0.3 is 20.3 Å². The number of ether oxygens (including phenoxy) is 1. The van der Waals surface area contributed by atoms with Crippen LogP contribution in [0, 0.1) is 5.92 Å². The summed E-state index contributed by atoms with van der Waals surface area (Å²) in [6.07, 6.45) is 2.12. The number of carbonyl (C=O) groups is 1. The van der Waals surface area contributed by atoms with E-state index in [2.05, 4.69) is 34.2 Å². The van der Waals surface area contributed by atoms with Gasteiger partial charge in [0.2, 0.25) is 10.0 Å². The number of aliphatic imine (C=N–C) groups is 1. The number of carbonyl (C=O) groups excluding carboxylic acids is 1. The van der Waals surface area contributed by atoms with Gasteiger partial charge in [-0.15, -0.1) is 24.0 Å². The molecule has 29 heavy (non-hydrogen) atoms. The molecule has 0 aromatic carbocycles. The summed E-state index contributed by atoms with van der Waals surface area (Å²) in [5.41, 5.74) is -0.527. The van der Waals surface area contributed by atoms with E-state index in [0.717, 1.165) is 18.6 Å². The fourth-order valence-corrected chi connectivity index (χ4v) is 2.92. The van der Waals surface area contributed by atoms with E-state index in [-0.39, 0.29) is 35.9 Å². The van der Waals surface area contributed by atoms with Gasteiger partial charge in [0.05, 0.1) is 6.26 Å². The molecule has 3 N–H and O–H groups in total. The van der Waals surface area contributed by atoms with E-state index in [9.17, 15) is 13.2 Å². The van der Waals surface area contributed by atoms with Crippen molar-refractivity contribution in [3.8, 4) is 0 Å². The number of sulfonamides is 1. The quantitative estimate of drug-likeness (QED) is 0.166. The molecule has 0 saturated heterocycles. The molecule has 11 heteroatoms. The van der Waals surface area contributed by atoms with Crippen LogP contribution >= 0.6 is 24.0 Å². The zero-order valence-corrected chi connectivity index (χ0v) is 22.2. The molecule has 0 spiro atoms. The van der Waals surface area contributed by atoms with Crippen LogP contribution in [0.3, 0.4) is 0 Å². The molecular weight excluding hydrogens is 509 g/mol. The zero-order valence-electron chi connectivity index (χ0n) is 19.0. The largest absolute Gasteiger partial charge is 0.444 e. The highest BCUT2D eigenvalue weighted by molar-refractivity contribution is 14.0. The van der Waals surface area contributed by atoms with Crippen molar-refractivity contribution in [2.75, 3.05) is 40.0 Å². The third-order valence-corrected chi connectivity index (χ3v) is 4.59. The number of nitrogens with zero attached hydrogens (tertiary/aromatic N) is 2. The second-order valence-corrected chi connectivity index (χ2v) is 10.0. The average Bonchev–Trinajstić information content (AvgIpc) is 2.51. The second-order valence-electron chi connectivity index (χ2n) is 8.20. The topological polar surface area (TPSA) is 112 Å². The molecule has 0 heterocycles. The molecule has 1 atom stereocenters. The van der Waals surface area contributed by atoms with Crippen LogP contribution in [0.25, 0.3) is 0 Å². The van der Waals surface area contributed by atoms with Crippen LogP contribution in [-0.4, -0.2) is 77.0 Å². The number of hydrogen-bond donors (Lipinski definition) is 3. The van der Waals surface area contributed by atoms with E-state index in [4.69, 9.17) is 4.74 Å². The third-order valence-electron chi connectivity index (χ3n) is 3.86. The van der Waals surface area contributed by atoms with Crippen LogP contribution in [0.1, 0.15) is 47.5 Å². The van der Waals surface area contributed by atoms with Gasteiger partial charge in [-0.25, -0.2) is 17.9 Å². The van der Waals surface area contributed by atoms with Crippen LogP contribution in [0.15, 0.2) is 4.99 Å². The number of amides is 1. The summed E-state index contributed by atoms with van der Waals surface area (Å²) in [6.45, 7) is 11.3. The normalized spacial score (nSPS) is 13.5. The first kappa shape index (κ1) is 30.4. The molecule has 1 amide bonds. The summed E-state index contributed by atoms with van der Waals surface area (Å²) < 4.78 is 29.9. The van der Waals surface area contributed by atoms with Gasteiger partial charge in [0.25, 0.3) is 0 Å².